The second-order valence-electron chi connectivity index (χ2n) is 8.68. The molecule has 6 nitrogen and oxygen atoms in total. The van der Waals surface area contributed by atoms with Crippen molar-refractivity contribution in [3.63, 3.8) is 0 Å². The highest BCUT2D eigenvalue weighted by atomic mass is 16.4. The molecule has 1 N–H and O–H groups in total. The van der Waals surface area contributed by atoms with Gasteiger partial charge in [0.15, 0.2) is 5.58 Å². The second-order valence-corrected chi connectivity index (χ2v) is 8.68. The number of Topliss-reactive ketones (excluding diaryl/α,β-unsaturated/α-hetero) is 1. The maximum atomic E-state index is 13.4. The Bertz CT molecular complexity index is 983. The molecule has 2 atom stereocenters. The highest BCUT2D eigenvalue weighted by molar-refractivity contribution is 5.94. The summed E-state index contributed by atoms with van der Waals surface area (Å²) in [5.41, 5.74) is 2.40. The van der Waals surface area contributed by atoms with E-state index in [4.69, 9.17) is 4.42 Å². The molecule has 0 saturated heterocycles. The Balaban J connectivity index is 1.37. The molecule has 5 rings (SSSR count). The van der Waals surface area contributed by atoms with Gasteiger partial charge in [0.2, 0.25) is 0 Å². The van der Waals surface area contributed by atoms with Crippen molar-refractivity contribution in [2.75, 3.05) is 11.9 Å². The van der Waals surface area contributed by atoms with Gasteiger partial charge < -0.3 is 9.32 Å². The number of nitrogens with zero attached hydrogens (tertiary/aromatic N) is 2. The zero-order chi connectivity index (χ0) is 20.5. The van der Waals surface area contributed by atoms with Gasteiger partial charge in [0.25, 0.3) is 5.91 Å². The molecular formula is C24H27N3O3. The minimum absolute atomic E-state index is 0.110. The maximum absolute atomic E-state index is 13.4. The van der Waals surface area contributed by atoms with Crippen LogP contribution in [0.25, 0.3) is 11.1 Å². The van der Waals surface area contributed by atoms with E-state index in [1.54, 1.807) is 0 Å². The lowest BCUT2D eigenvalue weighted by Crippen LogP contribution is -2.43. The number of hydrogen-bond donors (Lipinski definition) is 1. The zero-order valence-corrected chi connectivity index (χ0v) is 17.0. The van der Waals surface area contributed by atoms with E-state index in [1.807, 2.05) is 42.6 Å². The number of amides is 1. The third-order valence-corrected chi connectivity index (χ3v) is 6.64. The number of aromatic nitrogens is 1. The standard InChI is InChI=1S/C24H27N3O3/c28-21-11-6-9-17-14-27(15-18(17)21)20(13-16-7-2-1-3-8-16)23(29)26-24-25-19-10-4-5-12-22(19)30-24/h4-6,9-10,12,14,16,18,20H,1-3,7-8,11,13,15H2,(H,25,26,29)/t18?,20-/m0/s1. The van der Waals surface area contributed by atoms with Crippen LogP contribution < -0.4 is 5.32 Å². The minimum atomic E-state index is -0.331. The number of hydrogen-bond acceptors (Lipinski definition) is 5. The van der Waals surface area contributed by atoms with Crippen LogP contribution in [0.2, 0.25) is 0 Å². The molecule has 1 unspecified atom stereocenters. The van der Waals surface area contributed by atoms with E-state index >= 15 is 0 Å². The van der Waals surface area contributed by atoms with Gasteiger partial charge in [-0.05, 0) is 30.0 Å². The van der Waals surface area contributed by atoms with Crippen LogP contribution in [0.15, 0.2) is 52.6 Å². The molecule has 0 bridgehead atoms. The van der Waals surface area contributed by atoms with E-state index in [9.17, 15) is 9.59 Å². The van der Waals surface area contributed by atoms with Crippen molar-refractivity contribution < 1.29 is 14.0 Å². The lowest BCUT2D eigenvalue weighted by molar-refractivity contribution is -0.124. The van der Waals surface area contributed by atoms with Crippen LogP contribution in [0.1, 0.15) is 44.9 Å². The summed E-state index contributed by atoms with van der Waals surface area (Å²) < 4.78 is 5.71. The predicted octanol–water partition coefficient (Wildman–Crippen LogP) is 4.45. The molecule has 3 aliphatic rings. The third-order valence-electron chi connectivity index (χ3n) is 6.64. The molecule has 1 aromatic heterocycles. The number of fused-ring (bicyclic) bond motifs is 2. The summed E-state index contributed by atoms with van der Waals surface area (Å²) in [6, 6.07) is 7.38. The van der Waals surface area contributed by atoms with Gasteiger partial charge in [0.1, 0.15) is 17.3 Å². The molecule has 1 amide bonds. The van der Waals surface area contributed by atoms with Gasteiger partial charge in [-0.25, -0.2) is 0 Å². The van der Waals surface area contributed by atoms with Gasteiger partial charge in [-0.15, -0.1) is 0 Å². The highest BCUT2D eigenvalue weighted by Crippen LogP contribution is 2.34. The van der Waals surface area contributed by atoms with Crippen molar-refractivity contribution in [1.82, 2.24) is 9.88 Å². The van der Waals surface area contributed by atoms with Crippen LogP contribution in [-0.4, -0.2) is 34.2 Å². The molecule has 0 radical (unpaired) electrons. The molecule has 30 heavy (non-hydrogen) atoms. The fourth-order valence-corrected chi connectivity index (χ4v) is 5.01. The van der Waals surface area contributed by atoms with E-state index in [0.717, 1.165) is 17.5 Å². The Hall–Kier alpha value is -2.89. The van der Waals surface area contributed by atoms with Crippen LogP contribution in [0.4, 0.5) is 6.01 Å². The van der Waals surface area contributed by atoms with Gasteiger partial charge in [-0.1, -0.05) is 56.4 Å². The highest BCUT2D eigenvalue weighted by Gasteiger charge is 2.37. The first-order valence-electron chi connectivity index (χ1n) is 11.0. The lowest BCUT2D eigenvalue weighted by atomic mass is 9.84. The van der Waals surface area contributed by atoms with Crippen molar-refractivity contribution in [2.45, 2.75) is 51.0 Å². The largest absolute Gasteiger partial charge is 0.423 e. The van der Waals surface area contributed by atoms with Gasteiger partial charge in [0, 0.05) is 19.2 Å². The number of nitrogens with one attached hydrogen (secondary N) is 1. The third kappa shape index (κ3) is 3.78. The van der Waals surface area contributed by atoms with Gasteiger partial charge in [0.05, 0.1) is 5.92 Å². The second kappa shape index (κ2) is 8.09. The minimum Gasteiger partial charge on any atom is -0.423 e. The Morgan fingerprint density at radius 1 is 1.23 bits per heavy atom. The fraction of sp³-hybridized carbons (Fsp3) is 0.458. The quantitative estimate of drug-likeness (QED) is 0.795. The van der Waals surface area contributed by atoms with Gasteiger partial charge >= 0.3 is 6.01 Å². The summed E-state index contributed by atoms with van der Waals surface area (Å²) >= 11 is 0. The Morgan fingerprint density at radius 2 is 2.07 bits per heavy atom. The number of rotatable bonds is 5. The molecule has 2 heterocycles. The molecule has 1 aliphatic heterocycles. The molecule has 2 aromatic rings. The van der Waals surface area contributed by atoms with Crippen molar-refractivity contribution in [3.8, 4) is 0 Å². The fourth-order valence-electron chi connectivity index (χ4n) is 5.01. The lowest BCUT2D eigenvalue weighted by Gasteiger charge is -2.32. The zero-order valence-electron chi connectivity index (χ0n) is 17.0. The van der Waals surface area contributed by atoms with Crippen LogP contribution in [0.5, 0.6) is 0 Å². The number of oxazole rings is 1. The van der Waals surface area contributed by atoms with E-state index in [-0.39, 0.29) is 29.7 Å². The van der Waals surface area contributed by atoms with Crippen molar-refractivity contribution in [1.29, 1.82) is 0 Å². The van der Waals surface area contributed by atoms with E-state index in [2.05, 4.69) is 15.2 Å². The molecule has 1 aromatic carbocycles. The summed E-state index contributed by atoms with van der Waals surface area (Å²) in [6.45, 7) is 0.580. The monoisotopic (exact) mass is 405 g/mol. The number of benzene rings is 1. The summed E-state index contributed by atoms with van der Waals surface area (Å²) in [5.74, 6) is 0.549. The van der Waals surface area contributed by atoms with E-state index < -0.39 is 0 Å². The molecule has 0 spiro atoms. The first-order chi connectivity index (χ1) is 14.7. The first-order valence-corrected chi connectivity index (χ1v) is 11.0. The smallest absolute Gasteiger partial charge is 0.302 e. The molecule has 1 saturated carbocycles. The number of carbonyl (C=O) groups is 2. The summed E-state index contributed by atoms with van der Waals surface area (Å²) in [5, 5.41) is 2.90. The van der Waals surface area contributed by atoms with Crippen LogP contribution in [-0.2, 0) is 9.59 Å². The normalized spacial score (nSPS) is 22.8. The van der Waals surface area contributed by atoms with Crippen molar-refractivity contribution in [2.24, 2.45) is 11.8 Å². The topological polar surface area (TPSA) is 75.4 Å². The molecule has 2 aliphatic carbocycles. The maximum Gasteiger partial charge on any atom is 0.302 e. The molecule has 1 fully saturated rings. The van der Waals surface area contributed by atoms with Crippen molar-refractivity contribution >= 4 is 28.8 Å². The number of para-hydroxylation sites is 2. The average molecular weight is 405 g/mol. The summed E-state index contributed by atoms with van der Waals surface area (Å²) in [7, 11) is 0. The molecular weight excluding hydrogens is 378 g/mol. The van der Waals surface area contributed by atoms with Crippen LogP contribution >= 0.6 is 0 Å². The number of anilines is 1. The predicted molar refractivity (Wildman–Crippen MR) is 115 cm³/mol. The van der Waals surface area contributed by atoms with Crippen LogP contribution in [0, 0.1) is 11.8 Å². The number of allylic oxidation sites excluding steroid dienone is 2. The van der Waals surface area contributed by atoms with Crippen molar-refractivity contribution in [3.05, 3.63) is 48.2 Å². The van der Waals surface area contributed by atoms with E-state index in [0.29, 0.717) is 24.5 Å². The Kier molecular flexibility index (Phi) is 5.15. The summed E-state index contributed by atoms with van der Waals surface area (Å²) in [6.07, 6.45) is 13.3. The summed E-state index contributed by atoms with van der Waals surface area (Å²) in [4.78, 5) is 32.2. The Morgan fingerprint density at radius 3 is 2.87 bits per heavy atom. The molecule has 156 valence electrons. The first kappa shape index (κ1) is 19.1. The molecule has 6 heteroatoms. The Labute approximate surface area is 176 Å². The van der Waals surface area contributed by atoms with Crippen LogP contribution in [0.3, 0.4) is 0 Å². The number of carbonyl (C=O) groups excluding carboxylic acids is 2. The van der Waals surface area contributed by atoms with E-state index in [1.165, 1.54) is 32.1 Å². The SMILES string of the molecule is O=C1CC=CC2=CN([C@@H](CC3CCCCC3)C(=O)Nc3nc4ccccc4o3)CC12. The number of ketones is 1. The van der Waals surface area contributed by atoms with Gasteiger partial charge in [-0.2, -0.15) is 4.98 Å². The van der Waals surface area contributed by atoms with Gasteiger partial charge in [-0.3, -0.25) is 14.9 Å². The average Bonchev–Trinajstić information content (AvgIpc) is 3.37.